The molecular weight excluding hydrogens is 440 g/mol. The molecule has 5 N–H and O–H groups in total. The Morgan fingerprint density at radius 1 is 0.743 bits per heavy atom. The lowest BCUT2D eigenvalue weighted by Gasteiger charge is -2.73. The largest absolute Gasteiger partial charge is 0.396 e. The van der Waals surface area contributed by atoms with Crippen LogP contribution in [-0.2, 0) is 0 Å². The van der Waals surface area contributed by atoms with E-state index in [1.807, 2.05) is 13.8 Å². The molecule has 0 radical (unpaired) electrons. The van der Waals surface area contributed by atoms with Gasteiger partial charge in [0.25, 0.3) is 0 Å². The molecule has 0 aromatic rings. The van der Waals surface area contributed by atoms with Crippen LogP contribution in [0.1, 0.15) is 99.3 Å². The van der Waals surface area contributed by atoms with E-state index in [9.17, 15) is 25.5 Å². The normalized spacial score (nSPS) is 58.2. The van der Waals surface area contributed by atoms with Crippen LogP contribution in [0.2, 0.25) is 0 Å². The van der Waals surface area contributed by atoms with Gasteiger partial charge in [0.15, 0.2) is 0 Å². The summed E-state index contributed by atoms with van der Waals surface area (Å²) in [5.41, 5.74) is -1.77. The Bertz CT molecular complexity index is 839. The van der Waals surface area contributed by atoms with Crippen LogP contribution in [0.5, 0.6) is 0 Å². The number of hydrogen-bond donors (Lipinski definition) is 5. The first kappa shape index (κ1) is 26.4. The number of fused-ring (bicyclic) bond motifs is 7. The van der Waals surface area contributed by atoms with Crippen molar-refractivity contribution in [1.82, 2.24) is 0 Å². The van der Waals surface area contributed by atoms with Gasteiger partial charge in [-0.25, -0.2) is 0 Å². The van der Waals surface area contributed by atoms with E-state index in [1.165, 1.54) is 0 Å². The quantitative estimate of drug-likeness (QED) is 0.408. The van der Waals surface area contributed by atoms with Crippen molar-refractivity contribution in [3.8, 4) is 0 Å². The first-order valence-corrected chi connectivity index (χ1v) is 14.5. The molecule has 0 bridgehead atoms. The molecule has 0 spiro atoms. The molecule has 5 saturated carbocycles. The van der Waals surface area contributed by atoms with Gasteiger partial charge >= 0.3 is 0 Å². The first-order valence-electron chi connectivity index (χ1n) is 14.5. The third-order valence-electron chi connectivity index (χ3n) is 14.0. The zero-order valence-corrected chi connectivity index (χ0v) is 23.1. The van der Waals surface area contributed by atoms with E-state index in [2.05, 4.69) is 27.7 Å². The van der Waals surface area contributed by atoms with E-state index in [0.717, 1.165) is 57.8 Å². The summed E-state index contributed by atoms with van der Waals surface area (Å²) in [6.07, 6.45) is 7.36. The highest BCUT2D eigenvalue weighted by molar-refractivity contribution is 5.21. The molecule has 5 aliphatic rings. The predicted molar refractivity (Wildman–Crippen MR) is 136 cm³/mol. The van der Waals surface area contributed by atoms with E-state index >= 15 is 0 Å². The highest BCUT2D eigenvalue weighted by Gasteiger charge is 2.73. The molecule has 5 fully saturated rings. The van der Waals surface area contributed by atoms with Crippen molar-refractivity contribution in [3.05, 3.63) is 0 Å². The molecule has 0 heterocycles. The van der Waals surface area contributed by atoms with Crippen molar-refractivity contribution in [2.75, 3.05) is 13.2 Å². The maximum Gasteiger partial charge on any atom is 0.0626 e. The summed E-state index contributed by atoms with van der Waals surface area (Å²) in [6.45, 7) is 13.3. The lowest BCUT2D eigenvalue weighted by molar-refractivity contribution is -0.274. The zero-order valence-electron chi connectivity index (χ0n) is 23.1. The lowest BCUT2D eigenvalue weighted by Crippen LogP contribution is -2.69. The molecule has 35 heavy (non-hydrogen) atoms. The maximum atomic E-state index is 11.8. The molecular formula is C30H52O5. The standard InChI is InChI=1S/C30H52O5/c1-25(2,35)18-9-14-30(17-32)23(34)15-29(6)19(24(18)30)7-8-21-26(3)12-11-22(33)27(4,16-31)20(26)10-13-28(21,29)5/h18-24,31-35H,7-17H2,1-6H3/t18-,19-,20-,21-,22+,23+,24-,26+,27+,28-,29-,30+/m1/s1. The van der Waals surface area contributed by atoms with E-state index in [0.29, 0.717) is 17.8 Å². The van der Waals surface area contributed by atoms with Crippen LogP contribution >= 0.6 is 0 Å². The second kappa shape index (κ2) is 7.91. The number of rotatable bonds is 3. The van der Waals surface area contributed by atoms with Crippen LogP contribution in [0.25, 0.3) is 0 Å². The molecule has 5 rings (SSSR count). The molecule has 5 nitrogen and oxygen atoms in total. The van der Waals surface area contributed by atoms with Crippen molar-refractivity contribution in [3.63, 3.8) is 0 Å². The van der Waals surface area contributed by atoms with Crippen molar-refractivity contribution < 1.29 is 25.5 Å². The maximum absolute atomic E-state index is 11.8. The molecule has 202 valence electrons. The predicted octanol–water partition coefficient (Wildman–Crippen LogP) is 4.14. The van der Waals surface area contributed by atoms with Gasteiger partial charge in [0.2, 0.25) is 0 Å². The Hall–Kier alpha value is -0.200. The molecule has 0 unspecified atom stereocenters. The topological polar surface area (TPSA) is 101 Å². The minimum Gasteiger partial charge on any atom is -0.396 e. The van der Waals surface area contributed by atoms with E-state index < -0.39 is 28.6 Å². The van der Waals surface area contributed by atoms with Gasteiger partial charge in [-0.1, -0.05) is 27.7 Å². The average molecular weight is 493 g/mol. The minimum absolute atomic E-state index is 0.00463. The Morgan fingerprint density at radius 2 is 1.43 bits per heavy atom. The van der Waals surface area contributed by atoms with Crippen LogP contribution < -0.4 is 0 Å². The molecule has 5 aliphatic carbocycles. The van der Waals surface area contributed by atoms with Gasteiger partial charge in [-0.3, -0.25) is 0 Å². The van der Waals surface area contributed by atoms with Crippen LogP contribution in [0, 0.1) is 56.7 Å². The summed E-state index contributed by atoms with van der Waals surface area (Å²) in [5, 5.41) is 55.0. The number of hydrogen-bond acceptors (Lipinski definition) is 5. The van der Waals surface area contributed by atoms with Crippen molar-refractivity contribution in [2.24, 2.45) is 56.7 Å². The third-order valence-corrected chi connectivity index (χ3v) is 14.0. The summed E-state index contributed by atoms with van der Waals surface area (Å²) < 4.78 is 0. The highest BCUT2D eigenvalue weighted by Crippen LogP contribution is 2.77. The third kappa shape index (κ3) is 3.11. The van der Waals surface area contributed by atoms with Gasteiger partial charge in [0, 0.05) is 10.8 Å². The molecule has 0 amide bonds. The van der Waals surface area contributed by atoms with Gasteiger partial charge in [-0.15, -0.1) is 0 Å². The SMILES string of the molecule is CC(C)(O)[C@@H]1CC[C@@]2(CO)[C@H]1[C@H]1CC[C@@H]3[C@@]4(C)CC[C@H](O)[C@@](C)(CO)[C@@H]4CC[C@@]3(C)[C@]1(C)C[C@@H]2O. The molecule has 0 aromatic carbocycles. The van der Waals surface area contributed by atoms with Crippen LogP contribution in [0.15, 0.2) is 0 Å². The summed E-state index contributed by atoms with van der Waals surface area (Å²) in [4.78, 5) is 0. The zero-order chi connectivity index (χ0) is 25.8. The lowest BCUT2D eigenvalue weighted by atomic mass is 9.32. The summed E-state index contributed by atoms with van der Waals surface area (Å²) in [5.74, 6) is 1.35. The average Bonchev–Trinajstić information content (AvgIpc) is 3.19. The first-order chi connectivity index (χ1) is 16.2. The van der Waals surface area contributed by atoms with Crippen molar-refractivity contribution in [1.29, 1.82) is 0 Å². The Labute approximate surface area is 212 Å². The molecule has 0 saturated heterocycles. The van der Waals surface area contributed by atoms with Gasteiger partial charge in [-0.2, -0.15) is 0 Å². The van der Waals surface area contributed by atoms with Gasteiger partial charge < -0.3 is 25.5 Å². The minimum atomic E-state index is -0.830. The second-order valence-corrected chi connectivity index (χ2v) is 15.3. The van der Waals surface area contributed by atoms with Crippen LogP contribution in [-0.4, -0.2) is 56.6 Å². The molecule has 0 aliphatic heterocycles. The van der Waals surface area contributed by atoms with Gasteiger partial charge in [-0.05, 0) is 117 Å². The highest BCUT2D eigenvalue weighted by atomic mass is 16.3. The van der Waals surface area contributed by atoms with Crippen LogP contribution in [0.4, 0.5) is 0 Å². The van der Waals surface area contributed by atoms with E-state index in [1.54, 1.807) is 0 Å². The van der Waals surface area contributed by atoms with Crippen LogP contribution in [0.3, 0.4) is 0 Å². The Morgan fingerprint density at radius 3 is 2.03 bits per heavy atom. The Kier molecular flexibility index (Phi) is 5.97. The fraction of sp³-hybridized carbons (Fsp3) is 1.00. The summed E-state index contributed by atoms with van der Waals surface area (Å²) in [7, 11) is 0. The van der Waals surface area contributed by atoms with E-state index in [4.69, 9.17) is 0 Å². The van der Waals surface area contributed by atoms with Gasteiger partial charge in [0.05, 0.1) is 31.0 Å². The molecule has 0 aromatic heterocycles. The molecule has 12 atom stereocenters. The molecule has 5 heteroatoms. The van der Waals surface area contributed by atoms with Gasteiger partial charge in [0.1, 0.15) is 0 Å². The summed E-state index contributed by atoms with van der Waals surface area (Å²) >= 11 is 0. The fourth-order valence-electron chi connectivity index (χ4n) is 11.9. The number of aliphatic hydroxyl groups excluding tert-OH is 4. The second-order valence-electron chi connectivity index (χ2n) is 15.3. The van der Waals surface area contributed by atoms with Crippen molar-refractivity contribution in [2.45, 2.75) is 117 Å². The number of aliphatic hydroxyl groups is 5. The summed E-state index contributed by atoms with van der Waals surface area (Å²) in [6, 6.07) is 0. The smallest absolute Gasteiger partial charge is 0.0626 e. The monoisotopic (exact) mass is 492 g/mol. The fourth-order valence-corrected chi connectivity index (χ4v) is 11.9. The van der Waals surface area contributed by atoms with Crippen molar-refractivity contribution >= 4 is 0 Å². The van der Waals surface area contributed by atoms with E-state index in [-0.39, 0.29) is 41.3 Å². The Balaban J connectivity index is 1.58.